The van der Waals surface area contributed by atoms with Crippen LogP contribution in [0.4, 0.5) is 0 Å². The van der Waals surface area contributed by atoms with Crippen molar-refractivity contribution in [2.24, 2.45) is 0 Å². The third-order valence-corrected chi connectivity index (χ3v) is 2.27. The van der Waals surface area contributed by atoms with E-state index in [0.29, 0.717) is 0 Å². The van der Waals surface area contributed by atoms with Crippen LogP contribution in [0.3, 0.4) is 0 Å². The molecule has 5 heteroatoms. The number of amides is 2. The average molecular weight is 235 g/mol. The summed E-state index contributed by atoms with van der Waals surface area (Å²) < 4.78 is 0. The van der Waals surface area contributed by atoms with Crippen LogP contribution in [0.25, 0.3) is 0 Å². The highest BCUT2D eigenvalue weighted by molar-refractivity contribution is 9.09. The fourth-order valence-electron chi connectivity index (χ4n) is 1.17. The second-order valence-electron chi connectivity index (χ2n) is 2.69. The number of hydrogen-bond donors (Lipinski definition) is 2. The van der Waals surface area contributed by atoms with Crippen LogP contribution in [-0.2, 0) is 9.59 Å². The van der Waals surface area contributed by atoms with Gasteiger partial charge in [0.15, 0.2) is 0 Å². The van der Waals surface area contributed by atoms with Crippen molar-refractivity contribution in [3.05, 3.63) is 0 Å². The standard InChI is InChI=1S/C7H11BrN2O2/c8-4-6(11)10-7(12)5-2-1-3-9-5/h5,9H,1-4H2,(H,10,11,12)/t5-/m0/s1. The first-order chi connectivity index (χ1) is 5.74. The number of nitrogens with one attached hydrogen (secondary N) is 2. The van der Waals surface area contributed by atoms with E-state index in [1.807, 2.05) is 0 Å². The van der Waals surface area contributed by atoms with Crippen LogP contribution in [-0.4, -0.2) is 29.7 Å². The van der Waals surface area contributed by atoms with E-state index in [1.165, 1.54) is 0 Å². The molecule has 0 aromatic rings. The molecule has 0 aliphatic carbocycles. The normalized spacial score (nSPS) is 22.2. The van der Waals surface area contributed by atoms with Gasteiger partial charge in [-0.3, -0.25) is 14.9 Å². The number of hydrogen-bond acceptors (Lipinski definition) is 3. The van der Waals surface area contributed by atoms with Gasteiger partial charge in [0.1, 0.15) is 0 Å². The Bertz CT molecular complexity index is 190. The molecule has 0 bridgehead atoms. The summed E-state index contributed by atoms with van der Waals surface area (Å²) in [7, 11) is 0. The summed E-state index contributed by atoms with van der Waals surface area (Å²) in [5.41, 5.74) is 0. The topological polar surface area (TPSA) is 58.2 Å². The Morgan fingerprint density at radius 2 is 2.33 bits per heavy atom. The molecule has 0 radical (unpaired) electrons. The van der Waals surface area contributed by atoms with E-state index >= 15 is 0 Å². The van der Waals surface area contributed by atoms with Gasteiger partial charge in [-0.1, -0.05) is 15.9 Å². The SMILES string of the molecule is O=C(CBr)NC(=O)[C@@H]1CCCN1. The van der Waals surface area contributed by atoms with E-state index < -0.39 is 0 Å². The Labute approximate surface area is 79.2 Å². The zero-order valence-corrected chi connectivity index (χ0v) is 8.19. The van der Waals surface area contributed by atoms with Crippen LogP contribution in [0, 0.1) is 0 Å². The Balaban J connectivity index is 2.32. The molecule has 1 rings (SSSR count). The third-order valence-electron chi connectivity index (χ3n) is 1.76. The maximum Gasteiger partial charge on any atom is 0.243 e. The summed E-state index contributed by atoms with van der Waals surface area (Å²) in [6.07, 6.45) is 1.82. The summed E-state index contributed by atoms with van der Waals surface area (Å²) in [6.45, 7) is 0.862. The number of rotatable bonds is 2. The number of carbonyl (C=O) groups is 2. The van der Waals surface area contributed by atoms with Gasteiger partial charge in [0.25, 0.3) is 0 Å². The van der Waals surface area contributed by atoms with Crippen molar-refractivity contribution in [1.29, 1.82) is 0 Å². The quantitative estimate of drug-likeness (QED) is 0.650. The van der Waals surface area contributed by atoms with Crippen LogP contribution in [0.5, 0.6) is 0 Å². The third kappa shape index (κ3) is 2.57. The van der Waals surface area contributed by atoms with Gasteiger partial charge in [0, 0.05) is 0 Å². The minimum atomic E-state index is -0.284. The lowest BCUT2D eigenvalue weighted by molar-refractivity contribution is -0.130. The van der Waals surface area contributed by atoms with Crippen LogP contribution >= 0.6 is 15.9 Å². The van der Waals surface area contributed by atoms with Gasteiger partial charge in [0.05, 0.1) is 11.4 Å². The van der Waals surface area contributed by atoms with Crippen LogP contribution < -0.4 is 10.6 Å². The van der Waals surface area contributed by atoms with Gasteiger partial charge in [0.2, 0.25) is 11.8 Å². The first-order valence-corrected chi connectivity index (χ1v) is 4.99. The predicted molar refractivity (Wildman–Crippen MR) is 48.0 cm³/mol. The zero-order chi connectivity index (χ0) is 8.97. The molecule has 0 aromatic heterocycles. The minimum absolute atomic E-state index is 0.172. The molecule has 1 atom stereocenters. The van der Waals surface area contributed by atoms with E-state index in [2.05, 4.69) is 26.6 Å². The zero-order valence-electron chi connectivity index (χ0n) is 6.60. The Hall–Kier alpha value is -0.420. The summed E-state index contributed by atoms with van der Waals surface area (Å²) in [6, 6.07) is -0.173. The fraction of sp³-hybridized carbons (Fsp3) is 0.714. The van der Waals surface area contributed by atoms with E-state index in [-0.39, 0.29) is 23.2 Å². The molecule has 2 amide bonds. The lowest BCUT2D eigenvalue weighted by atomic mass is 10.2. The van der Waals surface area contributed by atoms with E-state index in [0.717, 1.165) is 19.4 Å². The number of carbonyl (C=O) groups excluding carboxylic acids is 2. The molecular formula is C7H11BrN2O2. The Morgan fingerprint density at radius 3 is 2.83 bits per heavy atom. The summed E-state index contributed by atoms with van der Waals surface area (Å²) in [5, 5.41) is 5.46. The average Bonchev–Trinajstić information content (AvgIpc) is 2.56. The molecule has 1 aliphatic heterocycles. The molecule has 0 aromatic carbocycles. The molecule has 1 aliphatic rings. The van der Waals surface area contributed by atoms with Gasteiger partial charge in [-0.25, -0.2) is 0 Å². The molecule has 0 saturated carbocycles. The van der Waals surface area contributed by atoms with Crippen molar-refractivity contribution < 1.29 is 9.59 Å². The first kappa shape index (κ1) is 9.67. The maximum atomic E-state index is 11.2. The van der Waals surface area contributed by atoms with E-state index in [4.69, 9.17) is 0 Å². The van der Waals surface area contributed by atoms with Crippen molar-refractivity contribution >= 4 is 27.7 Å². The predicted octanol–water partition coefficient (Wildman–Crippen LogP) is -0.224. The van der Waals surface area contributed by atoms with Crippen LogP contribution in [0.1, 0.15) is 12.8 Å². The van der Waals surface area contributed by atoms with Crippen LogP contribution in [0.2, 0.25) is 0 Å². The van der Waals surface area contributed by atoms with Crippen LogP contribution in [0.15, 0.2) is 0 Å². The van der Waals surface area contributed by atoms with E-state index in [1.54, 1.807) is 0 Å². The smallest absolute Gasteiger partial charge is 0.243 e. The van der Waals surface area contributed by atoms with Crippen molar-refractivity contribution in [3.8, 4) is 0 Å². The molecule has 0 spiro atoms. The molecule has 1 fully saturated rings. The fourth-order valence-corrected chi connectivity index (χ4v) is 1.31. The molecule has 4 nitrogen and oxygen atoms in total. The van der Waals surface area contributed by atoms with Gasteiger partial charge in [-0.05, 0) is 19.4 Å². The molecule has 1 heterocycles. The summed E-state index contributed by atoms with van der Waals surface area (Å²) in [5.74, 6) is -0.495. The summed E-state index contributed by atoms with van der Waals surface area (Å²) >= 11 is 2.97. The summed E-state index contributed by atoms with van der Waals surface area (Å²) in [4.78, 5) is 22.0. The maximum absolute atomic E-state index is 11.2. The van der Waals surface area contributed by atoms with E-state index in [9.17, 15) is 9.59 Å². The second kappa shape index (κ2) is 4.57. The van der Waals surface area contributed by atoms with Crippen molar-refractivity contribution in [1.82, 2.24) is 10.6 Å². The van der Waals surface area contributed by atoms with Gasteiger partial charge >= 0.3 is 0 Å². The molecule has 12 heavy (non-hydrogen) atoms. The monoisotopic (exact) mass is 234 g/mol. The van der Waals surface area contributed by atoms with Gasteiger partial charge in [-0.15, -0.1) is 0 Å². The Morgan fingerprint density at radius 1 is 1.58 bits per heavy atom. The van der Waals surface area contributed by atoms with Crippen molar-refractivity contribution in [3.63, 3.8) is 0 Å². The Kier molecular flexibility index (Phi) is 3.68. The molecule has 1 saturated heterocycles. The highest BCUT2D eigenvalue weighted by Crippen LogP contribution is 2.04. The van der Waals surface area contributed by atoms with Gasteiger partial charge in [-0.2, -0.15) is 0 Å². The number of imide groups is 1. The number of alkyl halides is 1. The van der Waals surface area contributed by atoms with Crippen molar-refractivity contribution in [2.45, 2.75) is 18.9 Å². The lowest BCUT2D eigenvalue weighted by Crippen LogP contribution is -2.43. The van der Waals surface area contributed by atoms with Crippen molar-refractivity contribution in [2.75, 3.05) is 11.9 Å². The highest BCUT2D eigenvalue weighted by Gasteiger charge is 2.22. The minimum Gasteiger partial charge on any atom is -0.306 e. The molecule has 68 valence electrons. The second-order valence-corrected chi connectivity index (χ2v) is 3.26. The highest BCUT2D eigenvalue weighted by atomic mass is 79.9. The first-order valence-electron chi connectivity index (χ1n) is 3.87. The number of halogens is 1. The molecule has 0 unspecified atom stereocenters. The lowest BCUT2D eigenvalue weighted by Gasteiger charge is -2.08. The molecular weight excluding hydrogens is 224 g/mol. The van der Waals surface area contributed by atoms with Gasteiger partial charge < -0.3 is 5.32 Å². The molecule has 2 N–H and O–H groups in total. The largest absolute Gasteiger partial charge is 0.306 e.